The molecule has 0 bridgehead atoms. The molecule has 1 aromatic rings. The second kappa shape index (κ2) is 4.63. The van der Waals surface area contributed by atoms with Crippen LogP contribution in [0.4, 0.5) is 0 Å². The fraction of sp³-hybridized carbons (Fsp3) is 0.222. The third-order valence-corrected chi connectivity index (χ3v) is 2.19. The van der Waals surface area contributed by atoms with Crippen molar-refractivity contribution in [2.24, 2.45) is 0 Å². The van der Waals surface area contributed by atoms with E-state index < -0.39 is 0 Å². The molecule has 2 nitrogen and oxygen atoms in total. The smallest absolute Gasteiger partial charge is 0.153 e. The number of hydrogen-bond acceptors (Lipinski definition) is 2. The lowest BCUT2D eigenvalue weighted by atomic mass is 10.2. The molecule has 0 heterocycles. The van der Waals surface area contributed by atoms with Gasteiger partial charge < -0.3 is 4.74 Å². The van der Waals surface area contributed by atoms with Gasteiger partial charge in [0.15, 0.2) is 6.29 Å². The van der Waals surface area contributed by atoms with Crippen LogP contribution in [0.3, 0.4) is 0 Å². The second-order valence-electron chi connectivity index (χ2n) is 2.36. The van der Waals surface area contributed by atoms with E-state index in [0.29, 0.717) is 22.9 Å². The molecule has 1 aromatic carbocycles. The second-order valence-corrected chi connectivity index (χ2v) is 3.68. The van der Waals surface area contributed by atoms with Gasteiger partial charge in [0.2, 0.25) is 0 Å². The van der Waals surface area contributed by atoms with Gasteiger partial charge in [-0.2, -0.15) is 0 Å². The van der Waals surface area contributed by atoms with Gasteiger partial charge in [-0.25, -0.2) is 0 Å². The van der Waals surface area contributed by atoms with E-state index in [4.69, 9.17) is 16.3 Å². The van der Waals surface area contributed by atoms with E-state index in [1.807, 2.05) is 6.92 Å². The van der Waals surface area contributed by atoms with Crippen molar-refractivity contribution in [2.75, 3.05) is 6.61 Å². The van der Waals surface area contributed by atoms with Crippen LogP contribution in [-0.4, -0.2) is 12.9 Å². The fourth-order valence-corrected chi connectivity index (χ4v) is 1.85. The number of hydrogen-bond donors (Lipinski definition) is 0. The molecule has 0 N–H and O–H groups in total. The summed E-state index contributed by atoms with van der Waals surface area (Å²) >= 11 is 9.12. The first-order valence-corrected chi connectivity index (χ1v) is 4.93. The highest BCUT2D eigenvalue weighted by Gasteiger charge is 2.08. The van der Waals surface area contributed by atoms with Crippen LogP contribution in [0.2, 0.25) is 5.02 Å². The van der Waals surface area contributed by atoms with E-state index in [2.05, 4.69) is 15.9 Å². The molecule has 0 aromatic heterocycles. The maximum Gasteiger partial charge on any atom is 0.153 e. The first-order valence-electron chi connectivity index (χ1n) is 3.76. The van der Waals surface area contributed by atoms with Crippen molar-refractivity contribution >= 4 is 33.8 Å². The zero-order valence-corrected chi connectivity index (χ0v) is 9.35. The first kappa shape index (κ1) is 10.5. The molecule has 1 rings (SSSR count). The molecule has 0 aliphatic rings. The van der Waals surface area contributed by atoms with Crippen molar-refractivity contribution in [2.45, 2.75) is 6.92 Å². The van der Waals surface area contributed by atoms with Crippen LogP contribution in [0, 0.1) is 0 Å². The molecule has 0 radical (unpaired) electrons. The van der Waals surface area contributed by atoms with Crippen molar-refractivity contribution < 1.29 is 9.53 Å². The zero-order valence-electron chi connectivity index (χ0n) is 7.01. The van der Waals surface area contributed by atoms with Crippen LogP contribution < -0.4 is 4.74 Å². The minimum atomic E-state index is 0.443. The lowest BCUT2D eigenvalue weighted by Gasteiger charge is -2.08. The molecular formula is C9H8BrClO2. The largest absolute Gasteiger partial charge is 0.492 e. The molecule has 0 aliphatic carbocycles. The third kappa shape index (κ3) is 2.45. The summed E-state index contributed by atoms with van der Waals surface area (Å²) in [4.78, 5) is 10.6. The highest BCUT2D eigenvalue weighted by Crippen LogP contribution is 2.31. The van der Waals surface area contributed by atoms with Crippen molar-refractivity contribution in [1.29, 1.82) is 0 Å². The number of aldehydes is 1. The van der Waals surface area contributed by atoms with Gasteiger partial charge in [0.25, 0.3) is 0 Å². The zero-order chi connectivity index (χ0) is 9.84. The maximum atomic E-state index is 10.6. The van der Waals surface area contributed by atoms with Crippen LogP contribution in [-0.2, 0) is 0 Å². The Bertz CT molecular complexity index is 326. The maximum absolute atomic E-state index is 10.6. The average Bonchev–Trinajstić information content (AvgIpc) is 2.09. The number of rotatable bonds is 3. The van der Waals surface area contributed by atoms with Crippen molar-refractivity contribution in [3.8, 4) is 5.75 Å². The summed E-state index contributed by atoms with van der Waals surface area (Å²) in [7, 11) is 0. The van der Waals surface area contributed by atoms with Crippen LogP contribution in [0.5, 0.6) is 5.75 Å². The summed E-state index contributed by atoms with van der Waals surface area (Å²) in [5, 5.41) is 0.443. The molecule has 0 atom stereocenters. The van der Waals surface area contributed by atoms with Crippen LogP contribution in [0.1, 0.15) is 17.3 Å². The molecule has 0 amide bonds. The topological polar surface area (TPSA) is 26.3 Å². The summed E-state index contributed by atoms with van der Waals surface area (Å²) in [6.45, 7) is 2.33. The van der Waals surface area contributed by atoms with Crippen molar-refractivity contribution in [3.05, 3.63) is 27.2 Å². The summed E-state index contributed by atoms with van der Waals surface area (Å²) in [5.41, 5.74) is 0.459. The van der Waals surface area contributed by atoms with E-state index in [9.17, 15) is 4.79 Å². The normalized spacial score (nSPS) is 9.77. The Hall–Kier alpha value is -0.540. The number of carbonyl (C=O) groups excluding carboxylic acids is 1. The van der Waals surface area contributed by atoms with Crippen molar-refractivity contribution in [1.82, 2.24) is 0 Å². The molecule has 0 spiro atoms. The van der Waals surface area contributed by atoms with E-state index >= 15 is 0 Å². The molecule has 70 valence electrons. The summed E-state index contributed by atoms with van der Waals surface area (Å²) in [6, 6.07) is 3.36. The molecule has 0 saturated heterocycles. The highest BCUT2D eigenvalue weighted by atomic mass is 79.9. The van der Waals surface area contributed by atoms with E-state index in [1.165, 1.54) is 0 Å². The molecular weight excluding hydrogens is 255 g/mol. The van der Waals surface area contributed by atoms with Crippen LogP contribution in [0.25, 0.3) is 0 Å². The van der Waals surface area contributed by atoms with Gasteiger partial charge in [0, 0.05) is 4.47 Å². The molecule has 0 fully saturated rings. The predicted molar refractivity (Wildman–Crippen MR) is 55.7 cm³/mol. The summed E-state index contributed by atoms with van der Waals surface area (Å²) in [6.07, 6.45) is 0.724. The monoisotopic (exact) mass is 262 g/mol. The minimum absolute atomic E-state index is 0.443. The van der Waals surface area contributed by atoms with E-state index in [-0.39, 0.29) is 0 Å². The first-order chi connectivity index (χ1) is 6.19. The number of carbonyl (C=O) groups is 1. The Morgan fingerprint density at radius 3 is 2.85 bits per heavy atom. The van der Waals surface area contributed by atoms with Gasteiger partial charge in [-0.05, 0) is 19.1 Å². The molecule has 4 heteroatoms. The summed E-state index contributed by atoms with van der Waals surface area (Å²) in [5.74, 6) is 0.447. The minimum Gasteiger partial charge on any atom is -0.492 e. The third-order valence-electron chi connectivity index (χ3n) is 1.45. The Morgan fingerprint density at radius 1 is 1.62 bits per heavy atom. The van der Waals surface area contributed by atoms with Gasteiger partial charge in [-0.15, -0.1) is 0 Å². The molecule has 0 aliphatic heterocycles. The predicted octanol–water partition coefficient (Wildman–Crippen LogP) is 3.31. The Morgan fingerprint density at radius 2 is 2.31 bits per heavy atom. The van der Waals surface area contributed by atoms with Gasteiger partial charge in [-0.3, -0.25) is 4.79 Å². The highest BCUT2D eigenvalue weighted by molar-refractivity contribution is 9.10. The van der Waals surface area contributed by atoms with Gasteiger partial charge in [-0.1, -0.05) is 27.5 Å². The number of halogens is 2. The van der Waals surface area contributed by atoms with E-state index in [0.717, 1.165) is 10.8 Å². The van der Waals surface area contributed by atoms with Crippen LogP contribution >= 0.6 is 27.5 Å². The SMILES string of the molecule is CCOc1c(Cl)cc(Br)cc1C=O. The van der Waals surface area contributed by atoms with E-state index in [1.54, 1.807) is 12.1 Å². The molecule has 0 unspecified atom stereocenters. The standard InChI is InChI=1S/C9H8BrClO2/c1-2-13-9-6(5-12)3-7(10)4-8(9)11/h3-5H,2H2,1H3. The number of ether oxygens (including phenoxy) is 1. The van der Waals surface area contributed by atoms with Crippen molar-refractivity contribution in [3.63, 3.8) is 0 Å². The van der Waals surface area contributed by atoms with Gasteiger partial charge >= 0.3 is 0 Å². The Labute approximate surface area is 90.0 Å². The lowest BCUT2D eigenvalue weighted by molar-refractivity contribution is 0.112. The van der Waals surface area contributed by atoms with Gasteiger partial charge in [0.05, 0.1) is 17.2 Å². The lowest BCUT2D eigenvalue weighted by Crippen LogP contribution is -1.96. The average molecular weight is 264 g/mol. The molecule has 0 saturated carbocycles. The van der Waals surface area contributed by atoms with Gasteiger partial charge in [0.1, 0.15) is 5.75 Å². The van der Waals surface area contributed by atoms with Crippen LogP contribution in [0.15, 0.2) is 16.6 Å². The Kier molecular flexibility index (Phi) is 3.75. The number of benzene rings is 1. The molecule has 13 heavy (non-hydrogen) atoms. The fourth-order valence-electron chi connectivity index (χ4n) is 0.964. The quantitative estimate of drug-likeness (QED) is 0.782. The summed E-state index contributed by atoms with van der Waals surface area (Å²) < 4.78 is 6.00. The Balaban J connectivity index is 3.21.